The van der Waals surface area contributed by atoms with Gasteiger partial charge >= 0.3 is 0 Å². The monoisotopic (exact) mass is 289 g/mol. The molecule has 1 aromatic heterocycles. The summed E-state index contributed by atoms with van der Waals surface area (Å²) in [5.74, 6) is -0.546. The first-order valence-corrected chi connectivity index (χ1v) is 7.00. The second-order valence-electron chi connectivity index (χ2n) is 4.34. The van der Waals surface area contributed by atoms with Gasteiger partial charge in [-0.3, -0.25) is 9.59 Å². The standard InChI is InChI=1S/C14H15N3O2S/c1-9-5-3-4-6-11(9)13(19)15-7-12(18)17-14-16-10(2)8-20-14/h3-6,8H,7H2,1-2H3,(H,15,19)(H,16,17,18). The van der Waals surface area contributed by atoms with E-state index in [1.807, 2.05) is 31.4 Å². The molecule has 2 aromatic rings. The van der Waals surface area contributed by atoms with Crippen LogP contribution in [0.25, 0.3) is 0 Å². The average molecular weight is 289 g/mol. The van der Waals surface area contributed by atoms with Gasteiger partial charge in [0.2, 0.25) is 5.91 Å². The van der Waals surface area contributed by atoms with Crippen LogP contribution in [0.15, 0.2) is 29.6 Å². The molecular formula is C14H15N3O2S. The maximum Gasteiger partial charge on any atom is 0.251 e. The highest BCUT2D eigenvalue weighted by Gasteiger charge is 2.10. The molecule has 1 heterocycles. The third-order valence-corrected chi connectivity index (χ3v) is 3.54. The molecule has 0 aliphatic rings. The third kappa shape index (κ3) is 3.64. The molecule has 2 N–H and O–H groups in total. The summed E-state index contributed by atoms with van der Waals surface area (Å²) >= 11 is 1.36. The molecule has 1 aromatic carbocycles. The number of amides is 2. The van der Waals surface area contributed by atoms with Crippen LogP contribution in [0.4, 0.5) is 5.13 Å². The van der Waals surface area contributed by atoms with Gasteiger partial charge in [0, 0.05) is 10.9 Å². The summed E-state index contributed by atoms with van der Waals surface area (Å²) in [5, 5.41) is 7.62. The first-order valence-electron chi connectivity index (χ1n) is 6.12. The van der Waals surface area contributed by atoms with Crippen LogP contribution < -0.4 is 10.6 Å². The van der Waals surface area contributed by atoms with E-state index in [2.05, 4.69) is 15.6 Å². The van der Waals surface area contributed by atoms with Gasteiger partial charge in [0.1, 0.15) is 0 Å². The minimum absolute atomic E-state index is 0.0776. The summed E-state index contributed by atoms with van der Waals surface area (Å²) < 4.78 is 0. The van der Waals surface area contributed by atoms with Crippen LogP contribution in [0.5, 0.6) is 0 Å². The van der Waals surface area contributed by atoms with Crippen LogP contribution in [0.2, 0.25) is 0 Å². The number of benzene rings is 1. The fourth-order valence-corrected chi connectivity index (χ4v) is 2.36. The molecule has 20 heavy (non-hydrogen) atoms. The van der Waals surface area contributed by atoms with Crippen molar-refractivity contribution >= 4 is 28.3 Å². The highest BCUT2D eigenvalue weighted by Crippen LogP contribution is 2.13. The summed E-state index contributed by atoms with van der Waals surface area (Å²) in [6, 6.07) is 7.24. The Bertz CT molecular complexity index is 637. The van der Waals surface area contributed by atoms with Crippen molar-refractivity contribution in [3.63, 3.8) is 0 Å². The summed E-state index contributed by atoms with van der Waals surface area (Å²) in [6.07, 6.45) is 0. The molecule has 0 radical (unpaired) electrons. The van der Waals surface area contributed by atoms with Gasteiger partial charge in [-0.2, -0.15) is 0 Å². The van der Waals surface area contributed by atoms with Crippen LogP contribution in [0, 0.1) is 13.8 Å². The van der Waals surface area contributed by atoms with Crippen LogP contribution in [0.3, 0.4) is 0 Å². The number of anilines is 1. The molecule has 0 atom stereocenters. The molecule has 0 unspecified atom stereocenters. The second kappa shape index (κ2) is 6.29. The van der Waals surface area contributed by atoms with E-state index in [9.17, 15) is 9.59 Å². The van der Waals surface area contributed by atoms with Gasteiger partial charge in [-0.25, -0.2) is 4.98 Å². The second-order valence-corrected chi connectivity index (χ2v) is 5.20. The van der Waals surface area contributed by atoms with E-state index in [-0.39, 0.29) is 18.4 Å². The molecule has 0 spiro atoms. The number of carbonyl (C=O) groups is 2. The first kappa shape index (κ1) is 14.2. The number of thiazole rings is 1. The lowest BCUT2D eigenvalue weighted by Gasteiger charge is -2.07. The van der Waals surface area contributed by atoms with Crippen molar-refractivity contribution in [3.05, 3.63) is 46.5 Å². The number of hydrogen-bond donors (Lipinski definition) is 2. The maximum absolute atomic E-state index is 11.9. The average Bonchev–Trinajstić information content (AvgIpc) is 2.82. The molecule has 0 saturated heterocycles. The van der Waals surface area contributed by atoms with Crippen molar-refractivity contribution < 1.29 is 9.59 Å². The van der Waals surface area contributed by atoms with E-state index in [4.69, 9.17) is 0 Å². The number of rotatable bonds is 4. The molecule has 6 heteroatoms. The first-order chi connectivity index (χ1) is 9.56. The number of nitrogens with one attached hydrogen (secondary N) is 2. The van der Waals surface area contributed by atoms with Crippen molar-refractivity contribution in [2.75, 3.05) is 11.9 Å². The van der Waals surface area contributed by atoms with Crippen molar-refractivity contribution in [2.45, 2.75) is 13.8 Å². The van der Waals surface area contributed by atoms with Gasteiger partial charge in [-0.05, 0) is 25.5 Å². The smallest absolute Gasteiger partial charge is 0.251 e. The molecule has 0 fully saturated rings. The molecular weight excluding hydrogens is 274 g/mol. The Morgan fingerprint density at radius 2 is 2.00 bits per heavy atom. The number of hydrogen-bond acceptors (Lipinski definition) is 4. The lowest BCUT2D eigenvalue weighted by molar-refractivity contribution is -0.115. The zero-order chi connectivity index (χ0) is 14.5. The van der Waals surface area contributed by atoms with Gasteiger partial charge in [0.25, 0.3) is 5.91 Å². The molecule has 0 aliphatic heterocycles. The van der Waals surface area contributed by atoms with E-state index in [1.165, 1.54) is 11.3 Å². The predicted octanol–water partition coefficient (Wildman–Crippen LogP) is 2.13. The lowest BCUT2D eigenvalue weighted by Crippen LogP contribution is -2.33. The van der Waals surface area contributed by atoms with Crippen molar-refractivity contribution in [1.29, 1.82) is 0 Å². The molecule has 0 saturated carbocycles. The lowest BCUT2D eigenvalue weighted by atomic mass is 10.1. The van der Waals surface area contributed by atoms with Gasteiger partial charge in [0.05, 0.1) is 12.2 Å². The zero-order valence-corrected chi connectivity index (χ0v) is 12.1. The van der Waals surface area contributed by atoms with E-state index in [0.29, 0.717) is 10.7 Å². The molecule has 2 rings (SSSR count). The molecule has 5 nitrogen and oxygen atoms in total. The van der Waals surface area contributed by atoms with Crippen molar-refractivity contribution in [1.82, 2.24) is 10.3 Å². The van der Waals surface area contributed by atoms with Crippen LogP contribution in [0.1, 0.15) is 21.6 Å². The zero-order valence-electron chi connectivity index (χ0n) is 11.3. The van der Waals surface area contributed by atoms with Crippen LogP contribution >= 0.6 is 11.3 Å². The van der Waals surface area contributed by atoms with Crippen molar-refractivity contribution in [2.24, 2.45) is 0 Å². The molecule has 0 bridgehead atoms. The fraction of sp³-hybridized carbons (Fsp3) is 0.214. The van der Waals surface area contributed by atoms with Crippen LogP contribution in [-0.2, 0) is 4.79 Å². The van der Waals surface area contributed by atoms with Gasteiger partial charge < -0.3 is 10.6 Å². The SMILES string of the molecule is Cc1csc(NC(=O)CNC(=O)c2ccccc2C)n1. The van der Waals surface area contributed by atoms with Gasteiger partial charge in [-0.15, -0.1) is 11.3 Å². The number of nitrogens with zero attached hydrogens (tertiary/aromatic N) is 1. The Kier molecular flexibility index (Phi) is 4.47. The van der Waals surface area contributed by atoms with Crippen molar-refractivity contribution in [3.8, 4) is 0 Å². The number of carbonyl (C=O) groups excluding carboxylic acids is 2. The predicted molar refractivity (Wildman–Crippen MR) is 79.0 cm³/mol. The molecule has 2 amide bonds. The number of aryl methyl sites for hydroxylation is 2. The summed E-state index contributed by atoms with van der Waals surface area (Å²) in [7, 11) is 0. The molecule has 104 valence electrons. The quantitative estimate of drug-likeness (QED) is 0.905. The minimum atomic E-state index is -0.290. The normalized spacial score (nSPS) is 10.1. The fourth-order valence-electron chi connectivity index (χ4n) is 1.66. The van der Waals surface area contributed by atoms with E-state index in [0.717, 1.165) is 11.3 Å². The highest BCUT2D eigenvalue weighted by atomic mass is 32.1. The van der Waals surface area contributed by atoms with Gasteiger partial charge in [-0.1, -0.05) is 18.2 Å². The largest absolute Gasteiger partial charge is 0.343 e. The topological polar surface area (TPSA) is 71.1 Å². The molecule has 0 aliphatic carbocycles. The van der Waals surface area contributed by atoms with E-state index in [1.54, 1.807) is 12.1 Å². The Morgan fingerprint density at radius 3 is 2.65 bits per heavy atom. The Morgan fingerprint density at radius 1 is 1.25 bits per heavy atom. The van der Waals surface area contributed by atoms with E-state index >= 15 is 0 Å². The number of aromatic nitrogens is 1. The van der Waals surface area contributed by atoms with E-state index < -0.39 is 0 Å². The van der Waals surface area contributed by atoms with Gasteiger partial charge in [0.15, 0.2) is 5.13 Å². The summed E-state index contributed by atoms with van der Waals surface area (Å²) in [4.78, 5) is 27.7. The highest BCUT2D eigenvalue weighted by molar-refractivity contribution is 7.13. The maximum atomic E-state index is 11.9. The minimum Gasteiger partial charge on any atom is -0.343 e. The Labute approximate surface area is 121 Å². The Hall–Kier alpha value is -2.21. The third-order valence-electron chi connectivity index (χ3n) is 2.66. The summed E-state index contributed by atoms with van der Waals surface area (Å²) in [5.41, 5.74) is 2.31. The summed E-state index contributed by atoms with van der Waals surface area (Å²) in [6.45, 7) is 3.63. The Balaban J connectivity index is 1.87. The van der Waals surface area contributed by atoms with Crippen LogP contribution in [-0.4, -0.2) is 23.3 Å².